The first kappa shape index (κ1) is 20.9. The quantitative estimate of drug-likeness (QED) is 0.585. The monoisotopic (exact) mass is 372 g/mol. The first-order chi connectivity index (χ1) is 11.2. The largest absolute Gasteiger partial charge is 0.481 e. The van der Waals surface area contributed by atoms with E-state index in [-0.39, 0.29) is 4.90 Å². The summed E-state index contributed by atoms with van der Waals surface area (Å²) in [5, 5.41) is 22.9. The lowest BCUT2D eigenvalue weighted by molar-refractivity contribution is -0.157. The molecule has 0 amide bonds. The zero-order valence-electron chi connectivity index (χ0n) is 14.4. The van der Waals surface area contributed by atoms with E-state index in [9.17, 15) is 18.0 Å². The third-order valence-corrected chi connectivity index (χ3v) is 6.13. The number of anilines is 1. The molecule has 8 nitrogen and oxygen atoms in total. The maximum absolute atomic E-state index is 11.1. The van der Waals surface area contributed by atoms with Gasteiger partial charge in [-0.2, -0.15) is 0 Å². The molecule has 2 atom stereocenters. The Bertz CT molecular complexity index is 757. The molecule has 0 heterocycles. The molecule has 0 radical (unpaired) electrons. The molecule has 1 aliphatic rings. The van der Waals surface area contributed by atoms with Crippen molar-refractivity contribution in [3.8, 4) is 0 Å². The van der Waals surface area contributed by atoms with E-state index in [0.717, 1.165) is 0 Å². The van der Waals surface area contributed by atoms with Gasteiger partial charge in [0.2, 0.25) is 10.0 Å². The van der Waals surface area contributed by atoms with Gasteiger partial charge in [0.05, 0.1) is 16.2 Å². The van der Waals surface area contributed by atoms with E-state index in [1.54, 1.807) is 20.8 Å². The number of hydrogen-bond donors (Lipinski definition) is 4. The van der Waals surface area contributed by atoms with Gasteiger partial charge >= 0.3 is 11.9 Å². The molecule has 0 saturated heterocycles. The van der Waals surface area contributed by atoms with Crippen LogP contribution in [0.25, 0.3) is 0 Å². The van der Waals surface area contributed by atoms with Gasteiger partial charge in [-0.25, -0.2) is 13.6 Å². The molecule has 0 bridgehead atoms. The fourth-order valence-electron chi connectivity index (χ4n) is 2.97. The number of nitrogen functional groups attached to an aromatic ring is 1. The van der Waals surface area contributed by atoms with Gasteiger partial charge < -0.3 is 15.9 Å². The van der Waals surface area contributed by atoms with Gasteiger partial charge in [0.25, 0.3) is 0 Å². The number of aliphatic carboxylic acids is 2. The number of sulfonamides is 1. The maximum atomic E-state index is 11.1. The van der Waals surface area contributed by atoms with Crippen molar-refractivity contribution < 1.29 is 28.2 Å². The van der Waals surface area contributed by atoms with E-state index in [1.807, 2.05) is 0 Å². The number of hydrogen-bond acceptors (Lipinski definition) is 5. The third-order valence-electron chi connectivity index (χ3n) is 5.21. The number of carbonyl (C=O) groups is 2. The summed E-state index contributed by atoms with van der Waals surface area (Å²) < 4.78 is 21.4. The molecule has 0 aromatic heterocycles. The van der Waals surface area contributed by atoms with Crippen LogP contribution < -0.4 is 10.9 Å². The Labute approximate surface area is 146 Å². The number of primary sulfonamides is 1. The first-order valence-corrected chi connectivity index (χ1v) is 9.12. The normalized spacial score (nSPS) is 24.9. The van der Waals surface area contributed by atoms with Crippen molar-refractivity contribution in [1.82, 2.24) is 0 Å². The van der Waals surface area contributed by atoms with Crippen molar-refractivity contribution in [3.63, 3.8) is 0 Å². The lowest BCUT2D eigenvalue weighted by atomic mass is 9.66. The average molecular weight is 372 g/mol. The van der Waals surface area contributed by atoms with Crippen LogP contribution in [-0.4, -0.2) is 30.6 Å². The second-order valence-electron chi connectivity index (χ2n) is 6.90. The Morgan fingerprint density at radius 3 is 1.88 bits per heavy atom. The minimum Gasteiger partial charge on any atom is -0.481 e. The van der Waals surface area contributed by atoms with Gasteiger partial charge in [0, 0.05) is 5.69 Å². The van der Waals surface area contributed by atoms with Crippen LogP contribution in [0.1, 0.15) is 33.6 Å². The molecule has 6 N–H and O–H groups in total. The van der Waals surface area contributed by atoms with Crippen LogP contribution in [0.4, 0.5) is 5.69 Å². The van der Waals surface area contributed by atoms with Crippen molar-refractivity contribution in [2.24, 2.45) is 21.9 Å². The predicted octanol–water partition coefficient (Wildman–Crippen LogP) is 1.51. The number of nitrogens with two attached hydrogens (primary N) is 2. The van der Waals surface area contributed by atoms with E-state index >= 15 is 0 Å². The highest BCUT2D eigenvalue weighted by Gasteiger charge is 2.58. The van der Waals surface area contributed by atoms with Gasteiger partial charge in [-0.05, 0) is 49.4 Å². The highest BCUT2D eigenvalue weighted by Crippen LogP contribution is 2.56. The zero-order chi connectivity index (χ0) is 19.6. The molecule has 2 unspecified atom stereocenters. The summed E-state index contributed by atoms with van der Waals surface area (Å²) >= 11 is 0. The van der Waals surface area contributed by atoms with Crippen LogP contribution >= 0.6 is 0 Å². The van der Waals surface area contributed by atoms with Gasteiger partial charge in [-0.1, -0.05) is 13.8 Å². The molecule has 1 aromatic carbocycles. The molecule has 1 aromatic rings. The number of rotatable bonds is 3. The van der Waals surface area contributed by atoms with Crippen molar-refractivity contribution in [1.29, 1.82) is 0 Å². The Morgan fingerprint density at radius 2 is 1.60 bits per heavy atom. The van der Waals surface area contributed by atoms with Gasteiger partial charge in [0.1, 0.15) is 0 Å². The summed E-state index contributed by atoms with van der Waals surface area (Å²) in [5.41, 5.74) is 4.24. The molecule has 140 valence electrons. The van der Waals surface area contributed by atoms with Crippen LogP contribution in [0.5, 0.6) is 0 Å². The number of carboxylic acids is 2. The van der Waals surface area contributed by atoms with Crippen LogP contribution in [0, 0.1) is 16.7 Å². The Morgan fingerprint density at radius 1 is 1.12 bits per heavy atom. The second-order valence-corrected chi connectivity index (χ2v) is 8.46. The minimum atomic E-state index is -3.58. The van der Waals surface area contributed by atoms with Crippen LogP contribution in [-0.2, 0) is 19.6 Å². The summed E-state index contributed by atoms with van der Waals surface area (Å²) in [5.74, 6) is -2.34. The van der Waals surface area contributed by atoms with Crippen molar-refractivity contribution in [2.45, 2.75) is 38.5 Å². The minimum absolute atomic E-state index is 0.0756. The molecule has 1 aliphatic carbocycles. The predicted molar refractivity (Wildman–Crippen MR) is 92.1 cm³/mol. The first-order valence-electron chi connectivity index (χ1n) is 7.58. The van der Waals surface area contributed by atoms with Crippen LogP contribution in [0.2, 0.25) is 0 Å². The molecular weight excluding hydrogens is 348 g/mol. The number of carboxylic acid groups (broad SMARTS) is 2. The summed E-state index contributed by atoms with van der Waals surface area (Å²) in [6.45, 7) is 5.10. The van der Waals surface area contributed by atoms with Crippen molar-refractivity contribution >= 4 is 27.6 Å². The molecule has 2 rings (SSSR count). The van der Waals surface area contributed by atoms with E-state index in [4.69, 9.17) is 21.1 Å². The summed E-state index contributed by atoms with van der Waals surface area (Å²) in [6, 6.07) is 5.70. The molecule has 0 spiro atoms. The fraction of sp³-hybridized carbons (Fsp3) is 0.500. The van der Waals surface area contributed by atoms with Crippen molar-refractivity contribution in [2.75, 3.05) is 5.73 Å². The topological polar surface area (TPSA) is 161 Å². The lowest BCUT2D eigenvalue weighted by Gasteiger charge is -2.36. The Hall–Kier alpha value is -2.13. The van der Waals surface area contributed by atoms with E-state index in [2.05, 4.69) is 0 Å². The second kappa shape index (κ2) is 7.01. The van der Waals surface area contributed by atoms with Gasteiger partial charge in [-0.15, -0.1) is 0 Å². The van der Waals surface area contributed by atoms with Crippen LogP contribution in [0.15, 0.2) is 29.2 Å². The summed E-state index contributed by atoms with van der Waals surface area (Å²) in [4.78, 5) is 22.1. The highest BCUT2D eigenvalue weighted by molar-refractivity contribution is 7.89. The highest BCUT2D eigenvalue weighted by atomic mass is 32.2. The Balaban J connectivity index is 0.000000257. The fourth-order valence-corrected chi connectivity index (χ4v) is 3.49. The molecule has 1 saturated carbocycles. The summed E-state index contributed by atoms with van der Waals surface area (Å²) in [6.07, 6.45) is 0.886. The maximum Gasteiger partial charge on any atom is 0.309 e. The number of benzene rings is 1. The average Bonchev–Trinajstić information content (AvgIpc) is 2.70. The van der Waals surface area contributed by atoms with Gasteiger partial charge in [0.15, 0.2) is 0 Å². The molecule has 0 aliphatic heterocycles. The van der Waals surface area contributed by atoms with E-state index < -0.39 is 38.7 Å². The van der Waals surface area contributed by atoms with E-state index in [0.29, 0.717) is 18.5 Å². The lowest BCUT2D eigenvalue weighted by Crippen LogP contribution is -2.42. The molecule has 9 heteroatoms. The molecule has 25 heavy (non-hydrogen) atoms. The standard InChI is InChI=1S/C10H16O4.C6H8N2O2S/c1-9(2)6(7(11)12)4-5-10(9,3)8(13)14;7-5-1-3-6(4-2-5)11(8,9)10/h6H,4-5H2,1-3H3,(H,11,12)(H,13,14);1-4H,7H2,(H2,8,9,10). The van der Waals surface area contributed by atoms with Crippen LogP contribution in [0.3, 0.4) is 0 Å². The summed E-state index contributed by atoms with van der Waals surface area (Å²) in [7, 11) is -3.58. The smallest absolute Gasteiger partial charge is 0.309 e. The Kier molecular flexibility index (Phi) is 5.86. The van der Waals surface area contributed by atoms with Gasteiger partial charge in [-0.3, -0.25) is 9.59 Å². The SMILES string of the molecule is CC1(C(=O)O)CCC(C(=O)O)C1(C)C.Nc1ccc(S(N)(=O)=O)cc1. The van der Waals surface area contributed by atoms with E-state index in [1.165, 1.54) is 24.3 Å². The molecular formula is C16H24N2O6S. The zero-order valence-corrected chi connectivity index (χ0v) is 15.2. The molecule has 1 fully saturated rings. The third kappa shape index (κ3) is 4.29. The van der Waals surface area contributed by atoms with Crippen molar-refractivity contribution in [3.05, 3.63) is 24.3 Å².